The molecule has 0 aromatic carbocycles. The third-order valence-electron chi connectivity index (χ3n) is 4.19. The number of hydrogen-bond donors (Lipinski definition) is 2. The van der Waals surface area contributed by atoms with Gasteiger partial charge in [0.2, 0.25) is 0 Å². The molecule has 6 nitrogen and oxygen atoms in total. The Hall–Kier alpha value is -1.07. The molecule has 2 N–H and O–H groups in total. The molecule has 0 bridgehead atoms. The first-order valence-electron chi connectivity index (χ1n) is 7.62. The second-order valence-electron chi connectivity index (χ2n) is 6.84. The molecular formula is C16H27N2O4P. The first-order valence-corrected chi connectivity index (χ1v) is 10.7. The van der Waals surface area contributed by atoms with Gasteiger partial charge in [0.1, 0.15) is 18.3 Å². The number of nitrogens with one attached hydrogen (secondary N) is 1. The van der Waals surface area contributed by atoms with Crippen molar-refractivity contribution in [2.75, 3.05) is 33.6 Å². The van der Waals surface area contributed by atoms with Crippen molar-refractivity contribution >= 4 is 19.2 Å². The summed E-state index contributed by atoms with van der Waals surface area (Å²) in [5.74, 6) is 0. The monoisotopic (exact) mass is 342 g/mol. The smallest absolute Gasteiger partial charge is 0.325 e. The fourth-order valence-electron chi connectivity index (χ4n) is 2.85. The Morgan fingerprint density at radius 1 is 1.52 bits per heavy atom. The van der Waals surface area contributed by atoms with Crippen molar-refractivity contribution in [2.24, 2.45) is 0 Å². The molecule has 2 amide bonds. The van der Waals surface area contributed by atoms with Gasteiger partial charge in [-0.25, -0.2) is 4.79 Å². The van der Waals surface area contributed by atoms with Crippen molar-refractivity contribution in [3.8, 4) is 0 Å². The molecule has 2 aliphatic heterocycles. The number of rotatable bonds is 5. The molecule has 2 rings (SSSR count). The van der Waals surface area contributed by atoms with Crippen molar-refractivity contribution in [3.63, 3.8) is 0 Å². The summed E-state index contributed by atoms with van der Waals surface area (Å²) >= 11 is 0. The minimum Gasteiger partial charge on any atom is -0.388 e. The molecule has 1 fully saturated rings. The lowest BCUT2D eigenvalue weighted by atomic mass is 9.98. The standard InChI is InChI=1S/C16H27N2O4P/c1-10-11(9-18(2)16(20)17-10)14-15(21-3)13(19)12(22-14)7-8-23(4,5)6/h9,12-15,19H,1,4,7-8H2,2-3,5-6H3,(H,17,20)/t12-,13-,14+,15-/m1/s1. The number of amides is 2. The van der Waals surface area contributed by atoms with E-state index < -0.39 is 25.2 Å². The topological polar surface area (TPSA) is 71.0 Å². The maximum Gasteiger partial charge on any atom is 0.325 e. The van der Waals surface area contributed by atoms with E-state index in [4.69, 9.17) is 9.47 Å². The molecule has 0 spiro atoms. The summed E-state index contributed by atoms with van der Waals surface area (Å²) in [7, 11) is 3.21. The second-order valence-corrected chi connectivity index (χ2v) is 11.2. The predicted octanol–water partition coefficient (Wildman–Crippen LogP) is 1.28. The molecule has 0 saturated carbocycles. The van der Waals surface area contributed by atoms with Gasteiger partial charge in [0.15, 0.2) is 0 Å². The van der Waals surface area contributed by atoms with Gasteiger partial charge in [0, 0.05) is 31.6 Å². The third kappa shape index (κ3) is 4.07. The van der Waals surface area contributed by atoms with Crippen LogP contribution in [0, 0.1) is 0 Å². The van der Waals surface area contributed by atoms with Crippen LogP contribution >= 0.6 is 6.89 Å². The van der Waals surface area contributed by atoms with Gasteiger partial charge in [-0.2, -0.15) is 0 Å². The second kappa shape index (κ2) is 6.81. The van der Waals surface area contributed by atoms with Gasteiger partial charge in [-0.05, 0) is 25.9 Å². The van der Waals surface area contributed by atoms with E-state index in [1.165, 1.54) is 4.90 Å². The maximum atomic E-state index is 11.6. The zero-order valence-electron chi connectivity index (χ0n) is 14.3. The molecule has 23 heavy (non-hydrogen) atoms. The van der Waals surface area contributed by atoms with Crippen LogP contribution in [0.25, 0.3) is 0 Å². The van der Waals surface area contributed by atoms with Crippen LogP contribution in [-0.2, 0) is 9.47 Å². The zero-order chi connectivity index (χ0) is 17.4. The minimum absolute atomic E-state index is 0.244. The highest BCUT2D eigenvalue weighted by Gasteiger charge is 2.46. The Kier molecular flexibility index (Phi) is 5.41. The number of methoxy groups -OCH3 is 1. The van der Waals surface area contributed by atoms with Crippen LogP contribution in [-0.4, -0.2) is 80.4 Å². The quantitative estimate of drug-likeness (QED) is 0.739. The number of aliphatic hydroxyl groups excluding tert-OH is 1. The van der Waals surface area contributed by atoms with E-state index in [0.717, 1.165) is 18.2 Å². The molecule has 0 aromatic heterocycles. The average Bonchev–Trinajstić information content (AvgIpc) is 2.76. The number of urea groups is 1. The number of aliphatic hydroxyl groups is 1. The highest BCUT2D eigenvalue weighted by atomic mass is 31.2. The Bertz CT molecular complexity index is 568. The molecule has 0 radical (unpaired) electrons. The van der Waals surface area contributed by atoms with E-state index in [-0.39, 0.29) is 12.1 Å². The Labute approximate surface area is 138 Å². The van der Waals surface area contributed by atoms with Gasteiger partial charge in [0.05, 0.1) is 6.10 Å². The summed E-state index contributed by atoms with van der Waals surface area (Å²) in [6, 6.07) is -0.244. The van der Waals surface area contributed by atoms with Crippen LogP contribution in [0.2, 0.25) is 0 Å². The molecule has 0 unspecified atom stereocenters. The number of hydrogen-bond acceptors (Lipinski definition) is 4. The maximum absolute atomic E-state index is 11.6. The van der Waals surface area contributed by atoms with E-state index in [2.05, 4.69) is 31.5 Å². The summed E-state index contributed by atoms with van der Waals surface area (Å²) in [5.41, 5.74) is 1.21. The number of carbonyl (C=O) groups is 1. The fraction of sp³-hybridized carbons (Fsp3) is 0.625. The molecule has 2 aliphatic rings. The zero-order valence-corrected chi connectivity index (χ0v) is 15.2. The van der Waals surface area contributed by atoms with Crippen molar-refractivity contribution in [3.05, 3.63) is 24.0 Å². The molecule has 2 heterocycles. The molecule has 0 aliphatic carbocycles. The van der Waals surface area contributed by atoms with Crippen LogP contribution in [0.15, 0.2) is 24.0 Å². The minimum atomic E-state index is -1.18. The largest absolute Gasteiger partial charge is 0.388 e. The van der Waals surface area contributed by atoms with Crippen LogP contribution in [0.1, 0.15) is 6.42 Å². The van der Waals surface area contributed by atoms with Crippen LogP contribution in [0.4, 0.5) is 4.79 Å². The third-order valence-corrected chi connectivity index (χ3v) is 5.66. The van der Waals surface area contributed by atoms with E-state index in [1.54, 1.807) is 20.4 Å². The first-order chi connectivity index (χ1) is 10.6. The summed E-state index contributed by atoms with van der Waals surface area (Å²) in [6.07, 6.45) is 5.60. The van der Waals surface area contributed by atoms with Crippen molar-refractivity contribution < 1.29 is 19.4 Å². The predicted molar refractivity (Wildman–Crippen MR) is 94.4 cm³/mol. The normalized spacial score (nSPS) is 32.0. The van der Waals surface area contributed by atoms with E-state index >= 15 is 0 Å². The molecule has 4 atom stereocenters. The van der Waals surface area contributed by atoms with Crippen molar-refractivity contribution in [1.82, 2.24) is 10.2 Å². The van der Waals surface area contributed by atoms with E-state index in [0.29, 0.717) is 5.70 Å². The Morgan fingerprint density at radius 2 is 2.17 bits per heavy atom. The van der Waals surface area contributed by atoms with Gasteiger partial charge in [-0.3, -0.25) is 0 Å². The number of carbonyl (C=O) groups excluding carboxylic acids is 1. The molecule has 130 valence electrons. The van der Waals surface area contributed by atoms with Crippen molar-refractivity contribution in [1.29, 1.82) is 0 Å². The van der Waals surface area contributed by atoms with Gasteiger partial charge in [-0.1, -0.05) is 6.58 Å². The summed E-state index contributed by atoms with van der Waals surface area (Å²) < 4.78 is 11.5. The fourth-order valence-corrected chi connectivity index (χ4v) is 3.80. The summed E-state index contributed by atoms with van der Waals surface area (Å²) in [5, 5.41) is 13.2. The van der Waals surface area contributed by atoms with Crippen LogP contribution in [0.3, 0.4) is 0 Å². The highest BCUT2D eigenvalue weighted by molar-refractivity contribution is 7.72. The Balaban J connectivity index is 2.18. The first kappa shape index (κ1) is 18.3. The molecular weight excluding hydrogens is 315 g/mol. The number of nitrogens with zero attached hydrogens (tertiary/aromatic N) is 1. The molecule has 1 saturated heterocycles. The lowest BCUT2D eigenvalue weighted by Crippen LogP contribution is -2.43. The Morgan fingerprint density at radius 3 is 2.74 bits per heavy atom. The highest BCUT2D eigenvalue weighted by Crippen LogP contribution is 2.39. The summed E-state index contributed by atoms with van der Waals surface area (Å²) in [4.78, 5) is 13.1. The molecule has 0 aromatic rings. The van der Waals surface area contributed by atoms with Gasteiger partial charge >= 0.3 is 6.03 Å². The van der Waals surface area contributed by atoms with E-state index in [9.17, 15) is 9.90 Å². The number of ether oxygens (including phenoxy) is 2. The SMILES string of the molecule is C=C1NC(=O)N(C)C=C1[C@@H]1O[C@H](CCP(=C)(C)C)[C@@H](O)[C@H]1OC. The lowest BCUT2D eigenvalue weighted by Gasteiger charge is -2.29. The molecule has 7 heteroatoms. The van der Waals surface area contributed by atoms with Gasteiger partial charge in [0.25, 0.3) is 0 Å². The van der Waals surface area contributed by atoms with Crippen molar-refractivity contribution in [2.45, 2.75) is 30.8 Å². The lowest BCUT2D eigenvalue weighted by molar-refractivity contribution is 0.00000406. The van der Waals surface area contributed by atoms with Gasteiger partial charge < -0.3 is 24.8 Å². The van der Waals surface area contributed by atoms with Gasteiger partial charge in [-0.15, -0.1) is 13.2 Å². The van der Waals surface area contributed by atoms with Crippen LogP contribution in [0.5, 0.6) is 0 Å². The summed E-state index contributed by atoms with van der Waals surface area (Å²) in [6.45, 7) is 7.02. The van der Waals surface area contributed by atoms with Crippen LogP contribution < -0.4 is 5.32 Å². The van der Waals surface area contributed by atoms with E-state index in [1.807, 2.05) is 0 Å². The average molecular weight is 342 g/mol.